The molecule has 0 amide bonds. The Balaban J connectivity index is 2.75. The molecule has 0 saturated heterocycles. The van der Waals surface area contributed by atoms with E-state index in [1.165, 1.54) is 0 Å². The standard InChI is InChI=1S/C10H12N2/c1-3-10(12-4-2)9-5-7-11-8-6-9/h1,5-8,10,12H,4H2,2H3. The molecule has 0 aliphatic heterocycles. The zero-order valence-electron chi connectivity index (χ0n) is 7.12. The Labute approximate surface area is 73.0 Å². The highest BCUT2D eigenvalue weighted by molar-refractivity contribution is 5.22. The summed E-state index contributed by atoms with van der Waals surface area (Å²) in [7, 11) is 0. The Morgan fingerprint density at radius 3 is 2.75 bits per heavy atom. The molecule has 0 aliphatic carbocycles. The maximum absolute atomic E-state index is 5.36. The highest BCUT2D eigenvalue weighted by Crippen LogP contribution is 2.08. The maximum atomic E-state index is 5.36. The van der Waals surface area contributed by atoms with Crippen molar-refractivity contribution in [1.29, 1.82) is 0 Å². The average Bonchev–Trinajstić information content (AvgIpc) is 2.15. The van der Waals surface area contributed by atoms with Gasteiger partial charge in [0.2, 0.25) is 0 Å². The van der Waals surface area contributed by atoms with E-state index in [9.17, 15) is 0 Å². The molecule has 0 radical (unpaired) electrons. The number of aromatic nitrogens is 1. The molecule has 2 heteroatoms. The fourth-order valence-electron chi connectivity index (χ4n) is 1.03. The van der Waals surface area contributed by atoms with Crippen molar-refractivity contribution in [3.8, 4) is 12.3 Å². The topological polar surface area (TPSA) is 24.9 Å². The van der Waals surface area contributed by atoms with Gasteiger partial charge in [-0.15, -0.1) is 6.42 Å². The Kier molecular flexibility index (Phi) is 3.31. The minimum Gasteiger partial charge on any atom is -0.300 e. The van der Waals surface area contributed by atoms with E-state index in [2.05, 4.69) is 16.2 Å². The molecule has 1 heterocycles. The maximum Gasteiger partial charge on any atom is 0.0944 e. The van der Waals surface area contributed by atoms with E-state index < -0.39 is 0 Å². The van der Waals surface area contributed by atoms with E-state index in [1.54, 1.807) is 12.4 Å². The molecule has 1 aromatic heterocycles. The van der Waals surface area contributed by atoms with E-state index in [-0.39, 0.29) is 6.04 Å². The molecule has 62 valence electrons. The van der Waals surface area contributed by atoms with Crippen LogP contribution in [-0.2, 0) is 0 Å². The number of nitrogens with one attached hydrogen (secondary N) is 1. The molecule has 1 atom stereocenters. The van der Waals surface area contributed by atoms with Crippen LogP contribution in [0.1, 0.15) is 18.5 Å². The molecule has 12 heavy (non-hydrogen) atoms. The number of rotatable bonds is 3. The summed E-state index contributed by atoms with van der Waals surface area (Å²) in [6.45, 7) is 2.91. The third-order valence-electron chi connectivity index (χ3n) is 1.61. The molecule has 0 bridgehead atoms. The minimum atomic E-state index is 0.0120. The lowest BCUT2D eigenvalue weighted by molar-refractivity contribution is 0.664. The molecule has 0 saturated carbocycles. The van der Waals surface area contributed by atoms with Crippen molar-refractivity contribution in [3.63, 3.8) is 0 Å². The summed E-state index contributed by atoms with van der Waals surface area (Å²) < 4.78 is 0. The van der Waals surface area contributed by atoms with Crippen LogP contribution in [0.2, 0.25) is 0 Å². The van der Waals surface area contributed by atoms with Crippen molar-refractivity contribution < 1.29 is 0 Å². The molecule has 0 aliphatic rings. The molecule has 0 aromatic carbocycles. The third kappa shape index (κ3) is 2.08. The van der Waals surface area contributed by atoms with Crippen LogP contribution in [0.4, 0.5) is 0 Å². The van der Waals surface area contributed by atoms with Crippen molar-refractivity contribution in [2.24, 2.45) is 0 Å². The van der Waals surface area contributed by atoms with Gasteiger partial charge in [-0.2, -0.15) is 0 Å². The first kappa shape index (κ1) is 8.76. The van der Waals surface area contributed by atoms with E-state index >= 15 is 0 Å². The molecule has 0 fully saturated rings. The normalized spacial score (nSPS) is 12.0. The lowest BCUT2D eigenvalue weighted by Crippen LogP contribution is -2.18. The molecule has 1 aromatic rings. The average molecular weight is 160 g/mol. The van der Waals surface area contributed by atoms with Gasteiger partial charge in [0.15, 0.2) is 0 Å². The van der Waals surface area contributed by atoms with Crippen LogP contribution < -0.4 is 5.32 Å². The van der Waals surface area contributed by atoms with E-state index in [1.807, 2.05) is 19.1 Å². The number of pyridine rings is 1. The van der Waals surface area contributed by atoms with Gasteiger partial charge in [0, 0.05) is 12.4 Å². The molecule has 1 N–H and O–H groups in total. The lowest BCUT2D eigenvalue weighted by atomic mass is 10.1. The molecular formula is C10H12N2. The summed E-state index contributed by atoms with van der Waals surface area (Å²) >= 11 is 0. The predicted molar refractivity (Wildman–Crippen MR) is 49.5 cm³/mol. The second-order valence-corrected chi connectivity index (χ2v) is 2.44. The Morgan fingerprint density at radius 1 is 1.58 bits per heavy atom. The van der Waals surface area contributed by atoms with Crippen molar-refractivity contribution in [1.82, 2.24) is 10.3 Å². The fraction of sp³-hybridized carbons (Fsp3) is 0.300. The summed E-state index contributed by atoms with van der Waals surface area (Å²) in [5.74, 6) is 2.68. The van der Waals surface area contributed by atoms with Crippen LogP contribution in [0.3, 0.4) is 0 Å². The summed E-state index contributed by atoms with van der Waals surface area (Å²) in [5.41, 5.74) is 1.09. The van der Waals surface area contributed by atoms with Crippen LogP contribution >= 0.6 is 0 Å². The summed E-state index contributed by atoms with van der Waals surface area (Å²) in [6, 6.07) is 3.86. The van der Waals surface area contributed by atoms with Crippen LogP contribution in [-0.4, -0.2) is 11.5 Å². The molecule has 1 rings (SSSR count). The molecule has 2 nitrogen and oxygen atoms in total. The first-order valence-electron chi connectivity index (χ1n) is 3.98. The number of hydrogen-bond acceptors (Lipinski definition) is 2. The first-order chi connectivity index (χ1) is 5.88. The van der Waals surface area contributed by atoms with E-state index in [0.717, 1.165) is 12.1 Å². The Hall–Kier alpha value is -1.33. The monoisotopic (exact) mass is 160 g/mol. The minimum absolute atomic E-state index is 0.0120. The predicted octanol–water partition coefficient (Wildman–Crippen LogP) is 1.37. The van der Waals surface area contributed by atoms with Gasteiger partial charge in [-0.25, -0.2) is 0 Å². The van der Waals surface area contributed by atoms with Gasteiger partial charge in [0.25, 0.3) is 0 Å². The Morgan fingerprint density at radius 2 is 2.25 bits per heavy atom. The first-order valence-corrected chi connectivity index (χ1v) is 3.98. The second-order valence-electron chi connectivity index (χ2n) is 2.44. The van der Waals surface area contributed by atoms with Crippen LogP contribution in [0.25, 0.3) is 0 Å². The molecule has 1 unspecified atom stereocenters. The summed E-state index contributed by atoms with van der Waals surface area (Å²) in [6.07, 6.45) is 8.85. The quantitative estimate of drug-likeness (QED) is 0.675. The van der Waals surface area contributed by atoms with Crippen molar-refractivity contribution >= 4 is 0 Å². The van der Waals surface area contributed by atoms with E-state index in [4.69, 9.17) is 6.42 Å². The largest absolute Gasteiger partial charge is 0.300 e. The smallest absolute Gasteiger partial charge is 0.0944 e. The van der Waals surface area contributed by atoms with Gasteiger partial charge in [-0.05, 0) is 24.2 Å². The van der Waals surface area contributed by atoms with Crippen LogP contribution in [0.15, 0.2) is 24.5 Å². The van der Waals surface area contributed by atoms with Gasteiger partial charge in [-0.3, -0.25) is 4.98 Å². The van der Waals surface area contributed by atoms with Gasteiger partial charge < -0.3 is 5.32 Å². The molecular weight excluding hydrogens is 148 g/mol. The third-order valence-corrected chi connectivity index (χ3v) is 1.61. The number of terminal acetylenes is 1. The van der Waals surface area contributed by atoms with Crippen LogP contribution in [0, 0.1) is 12.3 Å². The van der Waals surface area contributed by atoms with Gasteiger partial charge in [0.05, 0.1) is 6.04 Å². The summed E-state index contributed by atoms with van der Waals surface area (Å²) in [5, 5.41) is 3.18. The number of nitrogens with zero attached hydrogens (tertiary/aromatic N) is 1. The van der Waals surface area contributed by atoms with Crippen LogP contribution in [0.5, 0.6) is 0 Å². The highest BCUT2D eigenvalue weighted by Gasteiger charge is 2.03. The second kappa shape index (κ2) is 4.53. The number of hydrogen-bond donors (Lipinski definition) is 1. The van der Waals surface area contributed by atoms with Gasteiger partial charge >= 0.3 is 0 Å². The SMILES string of the molecule is C#CC(NCC)c1ccncc1. The molecule has 0 spiro atoms. The highest BCUT2D eigenvalue weighted by atomic mass is 14.9. The zero-order valence-corrected chi connectivity index (χ0v) is 7.12. The van der Waals surface area contributed by atoms with Gasteiger partial charge in [-0.1, -0.05) is 12.8 Å². The van der Waals surface area contributed by atoms with E-state index in [0.29, 0.717) is 0 Å². The Bertz CT molecular complexity index is 261. The van der Waals surface area contributed by atoms with Crippen molar-refractivity contribution in [3.05, 3.63) is 30.1 Å². The van der Waals surface area contributed by atoms with Crippen molar-refractivity contribution in [2.45, 2.75) is 13.0 Å². The summed E-state index contributed by atoms with van der Waals surface area (Å²) in [4.78, 5) is 3.93. The van der Waals surface area contributed by atoms with Gasteiger partial charge in [0.1, 0.15) is 0 Å². The fourth-order valence-corrected chi connectivity index (χ4v) is 1.03. The zero-order chi connectivity index (χ0) is 8.81. The lowest BCUT2D eigenvalue weighted by Gasteiger charge is -2.10. The van der Waals surface area contributed by atoms with Crippen molar-refractivity contribution in [2.75, 3.05) is 6.54 Å².